The summed E-state index contributed by atoms with van der Waals surface area (Å²) in [7, 11) is 2.17. The third-order valence-electron chi connectivity index (χ3n) is 2.52. The summed E-state index contributed by atoms with van der Waals surface area (Å²) in [6.45, 7) is 3.43. The standard InChI is InChI=1S/C6H13N3/c1-8-2-5-3-9(7)4-6(5)8/h5-6H,2-4,7H2,1H3. The highest BCUT2D eigenvalue weighted by Crippen LogP contribution is 2.28. The van der Waals surface area contributed by atoms with Crippen LogP contribution in [0.4, 0.5) is 0 Å². The van der Waals surface area contributed by atoms with E-state index in [4.69, 9.17) is 5.84 Å². The van der Waals surface area contributed by atoms with Crippen molar-refractivity contribution in [1.29, 1.82) is 0 Å². The number of nitrogens with two attached hydrogens (primary N) is 1. The maximum atomic E-state index is 5.62. The molecule has 0 spiro atoms. The molecule has 9 heavy (non-hydrogen) atoms. The van der Waals surface area contributed by atoms with Crippen molar-refractivity contribution in [2.75, 3.05) is 26.7 Å². The second-order valence-electron chi connectivity index (χ2n) is 3.22. The van der Waals surface area contributed by atoms with Crippen molar-refractivity contribution >= 4 is 0 Å². The van der Waals surface area contributed by atoms with Crippen LogP contribution < -0.4 is 5.84 Å². The smallest absolute Gasteiger partial charge is 0.0288 e. The Morgan fingerprint density at radius 3 is 2.56 bits per heavy atom. The van der Waals surface area contributed by atoms with Crippen LogP contribution in [0.25, 0.3) is 0 Å². The van der Waals surface area contributed by atoms with Crippen LogP contribution >= 0.6 is 0 Å². The molecular formula is C6H13N3. The first-order valence-corrected chi connectivity index (χ1v) is 3.47. The van der Waals surface area contributed by atoms with Crippen LogP contribution in [0.3, 0.4) is 0 Å². The van der Waals surface area contributed by atoms with Gasteiger partial charge in [-0.15, -0.1) is 0 Å². The molecule has 2 saturated heterocycles. The minimum Gasteiger partial charge on any atom is -0.301 e. The minimum absolute atomic E-state index is 0.773. The number of rotatable bonds is 0. The van der Waals surface area contributed by atoms with Gasteiger partial charge in [-0.05, 0) is 7.05 Å². The number of likely N-dealkylation sites (tertiary alicyclic amines) is 1. The summed E-state index contributed by atoms with van der Waals surface area (Å²) in [6.07, 6.45) is 0. The van der Waals surface area contributed by atoms with Crippen molar-refractivity contribution in [3.05, 3.63) is 0 Å². The van der Waals surface area contributed by atoms with E-state index >= 15 is 0 Å². The van der Waals surface area contributed by atoms with E-state index in [1.807, 2.05) is 5.01 Å². The summed E-state index contributed by atoms with van der Waals surface area (Å²) in [6, 6.07) is 0.773. The van der Waals surface area contributed by atoms with E-state index in [1.54, 1.807) is 0 Å². The van der Waals surface area contributed by atoms with E-state index in [2.05, 4.69) is 11.9 Å². The fraction of sp³-hybridized carbons (Fsp3) is 1.00. The van der Waals surface area contributed by atoms with Crippen LogP contribution in [0.2, 0.25) is 0 Å². The fourth-order valence-corrected chi connectivity index (χ4v) is 1.93. The first-order valence-electron chi connectivity index (χ1n) is 3.47. The minimum atomic E-state index is 0.773. The Morgan fingerprint density at radius 1 is 1.33 bits per heavy atom. The molecule has 2 rings (SSSR count). The number of fused-ring (bicyclic) bond motifs is 1. The predicted molar refractivity (Wildman–Crippen MR) is 35.7 cm³/mol. The van der Waals surface area contributed by atoms with Crippen molar-refractivity contribution in [1.82, 2.24) is 9.91 Å². The normalized spacial score (nSPS) is 44.7. The highest BCUT2D eigenvalue weighted by Gasteiger charge is 2.42. The predicted octanol–water partition coefficient (Wildman–Crippen LogP) is -0.894. The lowest BCUT2D eigenvalue weighted by atomic mass is 9.93. The van der Waals surface area contributed by atoms with E-state index in [-0.39, 0.29) is 0 Å². The van der Waals surface area contributed by atoms with Gasteiger partial charge in [-0.1, -0.05) is 0 Å². The van der Waals surface area contributed by atoms with Crippen molar-refractivity contribution in [2.24, 2.45) is 11.8 Å². The van der Waals surface area contributed by atoms with Gasteiger partial charge in [-0.2, -0.15) is 0 Å². The molecular weight excluding hydrogens is 114 g/mol. The number of nitrogens with zero attached hydrogens (tertiary/aromatic N) is 2. The SMILES string of the molecule is CN1CC2CN(N)CC21. The van der Waals surface area contributed by atoms with Crippen molar-refractivity contribution in [3.63, 3.8) is 0 Å². The van der Waals surface area contributed by atoms with Gasteiger partial charge < -0.3 is 4.90 Å². The third-order valence-corrected chi connectivity index (χ3v) is 2.52. The van der Waals surface area contributed by atoms with Crippen LogP contribution in [-0.2, 0) is 0 Å². The molecule has 0 aromatic rings. The van der Waals surface area contributed by atoms with E-state index in [0.717, 1.165) is 25.0 Å². The third kappa shape index (κ3) is 0.689. The molecule has 0 radical (unpaired) electrons. The monoisotopic (exact) mass is 127 g/mol. The van der Waals surface area contributed by atoms with Crippen LogP contribution in [-0.4, -0.2) is 42.6 Å². The van der Waals surface area contributed by atoms with Gasteiger partial charge in [0, 0.05) is 31.6 Å². The van der Waals surface area contributed by atoms with E-state index < -0.39 is 0 Å². The summed E-state index contributed by atoms with van der Waals surface area (Å²) in [5, 5.41) is 1.93. The molecule has 0 amide bonds. The molecule has 3 nitrogen and oxygen atoms in total. The van der Waals surface area contributed by atoms with Crippen LogP contribution in [0, 0.1) is 5.92 Å². The summed E-state index contributed by atoms with van der Waals surface area (Å²) in [5.74, 6) is 6.50. The van der Waals surface area contributed by atoms with Gasteiger partial charge in [0.25, 0.3) is 0 Å². The van der Waals surface area contributed by atoms with Gasteiger partial charge in [0.15, 0.2) is 0 Å². The molecule has 2 aliphatic heterocycles. The average Bonchev–Trinajstić information content (AvgIpc) is 2.08. The first-order chi connectivity index (χ1) is 4.27. The van der Waals surface area contributed by atoms with Crippen molar-refractivity contribution in [3.8, 4) is 0 Å². The summed E-state index contributed by atoms with van der Waals surface area (Å²) in [5.41, 5.74) is 0. The van der Waals surface area contributed by atoms with Gasteiger partial charge >= 0.3 is 0 Å². The Bertz CT molecular complexity index is 125. The summed E-state index contributed by atoms with van der Waals surface area (Å²) >= 11 is 0. The van der Waals surface area contributed by atoms with Crippen LogP contribution in [0.15, 0.2) is 0 Å². The number of hydrogen-bond donors (Lipinski definition) is 1. The largest absolute Gasteiger partial charge is 0.301 e. The van der Waals surface area contributed by atoms with E-state index in [9.17, 15) is 0 Å². The lowest BCUT2D eigenvalue weighted by Gasteiger charge is -2.40. The lowest BCUT2D eigenvalue weighted by Crippen LogP contribution is -2.52. The zero-order valence-electron chi connectivity index (χ0n) is 5.75. The molecule has 3 heteroatoms. The molecule has 0 saturated carbocycles. The average molecular weight is 127 g/mol. The number of hydrogen-bond acceptors (Lipinski definition) is 3. The Labute approximate surface area is 55.4 Å². The van der Waals surface area contributed by atoms with Gasteiger partial charge in [-0.25, -0.2) is 5.01 Å². The maximum Gasteiger partial charge on any atom is 0.0288 e. The van der Waals surface area contributed by atoms with Crippen molar-refractivity contribution < 1.29 is 0 Å². The van der Waals surface area contributed by atoms with Gasteiger partial charge in [0.2, 0.25) is 0 Å². The van der Waals surface area contributed by atoms with Crippen LogP contribution in [0.1, 0.15) is 0 Å². The second-order valence-corrected chi connectivity index (χ2v) is 3.22. The molecule has 2 heterocycles. The summed E-state index contributed by atoms with van der Waals surface area (Å²) in [4.78, 5) is 2.37. The zero-order chi connectivity index (χ0) is 6.43. The molecule has 2 N–H and O–H groups in total. The Morgan fingerprint density at radius 2 is 2.11 bits per heavy atom. The number of likely N-dealkylation sites (N-methyl/N-ethyl adjacent to an activating group) is 1. The maximum absolute atomic E-state index is 5.62. The number of hydrazine groups is 1. The fourth-order valence-electron chi connectivity index (χ4n) is 1.93. The molecule has 52 valence electrons. The topological polar surface area (TPSA) is 32.5 Å². The highest BCUT2D eigenvalue weighted by molar-refractivity contribution is 4.97. The molecule has 2 fully saturated rings. The molecule has 0 aliphatic carbocycles. The first kappa shape index (κ1) is 5.65. The highest BCUT2D eigenvalue weighted by atomic mass is 15.5. The molecule has 0 aromatic heterocycles. The molecule has 2 atom stereocenters. The van der Waals surface area contributed by atoms with Gasteiger partial charge in [-0.3, -0.25) is 5.84 Å². The van der Waals surface area contributed by atoms with Gasteiger partial charge in [0.1, 0.15) is 0 Å². The molecule has 0 aromatic carbocycles. The Hall–Kier alpha value is -0.120. The Kier molecular flexibility index (Phi) is 1.06. The van der Waals surface area contributed by atoms with Crippen LogP contribution in [0.5, 0.6) is 0 Å². The zero-order valence-corrected chi connectivity index (χ0v) is 5.75. The quantitative estimate of drug-likeness (QED) is 0.428. The molecule has 2 unspecified atom stereocenters. The van der Waals surface area contributed by atoms with Gasteiger partial charge in [0.05, 0.1) is 0 Å². The van der Waals surface area contributed by atoms with E-state index in [0.29, 0.717) is 0 Å². The molecule has 0 bridgehead atoms. The Balaban J connectivity index is 2.00. The van der Waals surface area contributed by atoms with E-state index in [1.165, 1.54) is 6.54 Å². The second kappa shape index (κ2) is 1.68. The van der Waals surface area contributed by atoms with Crippen molar-refractivity contribution in [2.45, 2.75) is 6.04 Å². The summed E-state index contributed by atoms with van der Waals surface area (Å²) < 4.78 is 0. The lowest BCUT2D eigenvalue weighted by molar-refractivity contribution is 0.0825. The molecule has 2 aliphatic rings.